The maximum absolute atomic E-state index is 12.4. The largest absolute Gasteiger partial charge is 0.307 e. The highest BCUT2D eigenvalue weighted by Crippen LogP contribution is 2.37. The molecule has 0 radical (unpaired) electrons. The van der Waals surface area contributed by atoms with Gasteiger partial charge in [0.1, 0.15) is 0 Å². The van der Waals surface area contributed by atoms with Gasteiger partial charge in [-0.05, 0) is 30.0 Å². The zero-order valence-electron chi connectivity index (χ0n) is 11.7. The number of thiophene rings is 1. The summed E-state index contributed by atoms with van der Waals surface area (Å²) in [7, 11) is 0. The molecule has 0 N–H and O–H groups in total. The zero-order chi connectivity index (χ0) is 14.2. The molecule has 0 spiro atoms. The van der Waals surface area contributed by atoms with E-state index >= 15 is 0 Å². The number of aromatic nitrogens is 1. The lowest BCUT2D eigenvalue weighted by atomic mass is 10.1. The lowest BCUT2D eigenvalue weighted by Gasteiger charge is -2.24. The van der Waals surface area contributed by atoms with Gasteiger partial charge in [0, 0.05) is 37.1 Å². The normalized spacial score (nSPS) is 25.5. The summed E-state index contributed by atoms with van der Waals surface area (Å²) in [5.41, 5.74) is 2.15. The zero-order valence-corrected chi connectivity index (χ0v) is 12.5. The first-order valence-electron chi connectivity index (χ1n) is 7.31. The third-order valence-corrected chi connectivity index (χ3v) is 5.16. The number of pyridine rings is 1. The fourth-order valence-electron chi connectivity index (χ4n) is 3.55. The van der Waals surface area contributed by atoms with Crippen LogP contribution in [0.3, 0.4) is 0 Å². The summed E-state index contributed by atoms with van der Waals surface area (Å²) >= 11 is 1.65. The van der Waals surface area contributed by atoms with Crippen molar-refractivity contribution in [1.29, 1.82) is 0 Å². The minimum Gasteiger partial charge on any atom is -0.307 e. The highest BCUT2D eigenvalue weighted by atomic mass is 32.1. The number of rotatable bonds is 3. The van der Waals surface area contributed by atoms with Crippen LogP contribution in [0.2, 0.25) is 0 Å². The second-order valence-electron chi connectivity index (χ2n) is 5.66. The monoisotopic (exact) mass is 299 g/mol. The van der Waals surface area contributed by atoms with Crippen LogP contribution in [-0.2, 0) is 11.3 Å². The molecule has 4 rings (SSSR count). The van der Waals surface area contributed by atoms with Crippen LogP contribution in [0.5, 0.6) is 0 Å². The van der Waals surface area contributed by atoms with Crippen LogP contribution < -0.4 is 4.90 Å². The number of fused-ring (bicyclic) bond motifs is 1. The number of carbonyl (C=O) groups excluding carboxylic acids is 1. The lowest BCUT2D eigenvalue weighted by Crippen LogP contribution is -2.37. The summed E-state index contributed by atoms with van der Waals surface area (Å²) in [4.78, 5) is 21.2. The van der Waals surface area contributed by atoms with Gasteiger partial charge < -0.3 is 4.90 Å². The Morgan fingerprint density at radius 2 is 2.24 bits per heavy atom. The van der Waals surface area contributed by atoms with Gasteiger partial charge in [0.15, 0.2) is 0 Å². The number of likely N-dealkylation sites (tertiary alicyclic amines) is 1. The van der Waals surface area contributed by atoms with Crippen molar-refractivity contribution in [1.82, 2.24) is 9.88 Å². The van der Waals surface area contributed by atoms with Crippen molar-refractivity contribution in [2.24, 2.45) is 0 Å². The highest BCUT2D eigenvalue weighted by molar-refractivity contribution is 7.08. The molecule has 2 atom stereocenters. The summed E-state index contributed by atoms with van der Waals surface area (Å²) in [6.45, 7) is 1.88. The predicted octanol–water partition coefficient (Wildman–Crippen LogP) is 2.52. The second-order valence-corrected chi connectivity index (χ2v) is 6.44. The average Bonchev–Trinajstić information content (AvgIpc) is 3.19. The molecule has 5 heteroatoms. The Kier molecular flexibility index (Phi) is 3.24. The van der Waals surface area contributed by atoms with Gasteiger partial charge in [-0.15, -0.1) is 0 Å². The molecule has 0 aliphatic carbocycles. The fraction of sp³-hybridized carbons (Fsp3) is 0.375. The molecule has 4 nitrogen and oxygen atoms in total. The molecule has 0 saturated carbocycles. The quantitative estimate of drug-likeness (QED) is 0.874. The standard InChI is InChI=1S/C16H17N3OS/c20-16-9-15-14(19(16)13-5-8-21-11-13)4-7-18(15)10-12-3-1-2-6-17-12/h1-3,5-6,8,11,14-15H,4,7,9-10H2/t14-,15+/m1/s1. The first kappa shape index (κ1) is 13.0. The van der Waals surface area contributed by atoms with E-state index in [1.165, 1.54) is 0 Å². The third kappa shape index (κ3) is 2.26. The van der Waals surface area contributed by atoms with Gasteiger partial charge in [-0.25, -0.2) is 0 Å². The Hall–Kier alpha value is -1.72. The Morgan fingerprint density at radius 3 is 3.00 bits per heavy atom. The molecule has 2 aromatic heterocycles. The Morgan fingerprint density at radius 1 is 1.29 bits per heavy atom. The van der Waals surface area contributed by atoms with Crippen molar-refractivity contribution >= 4 is 22.9 Å². The van der Waals surface area contributed by atoms with E-state index in [4.69, 9.17) is 0 Å². The summed E-state index contributed by atoms with van der Waals surface area (Å²) in [6.07, 6.45) is 3.52. The van der Waals surface area contributed by atoms with Crippen molar-refractivity contribution in [3.63, 3.8) is 0 Å². The van der Waals surface area contributed by atoms with Gasteiger partial charge in [0.25, 0.3) is 0 Å². The molecule has 21 heavy (non-hydrogen) atoms. The third-order valence-electron chi connectivity index (χ3n) is 4.48. The summed E-state index contributed by atoms with van der Waals surface area (Å²) < 4.78 is 0. The topological polar surface area (TPSA) is 36.4 Å². The van der Waals surface area contributed by atoms with Gasteiger partial charge in [-0.3, -0.25) is 14.7 Å². The van der Waals surface area contributed by atoms with E-state index in [2.05, 4.69) is 21.3 Å². The molecule has 2 aliphatic heterocycles. The van der Waals surface area contributed by atoms with E-state index in [0.29, 0.717) is 18.5 Å². The van der Waals surface area contributed by atoms with E-state index in [-0.39, 0.29) is 5.91 Å². The van der Waals surface area contributed by atoms with Crippen LogP contribution in [0.1, 0.15) is 18.5 Å². The number of hydrogen-bond acceptors (Lipinski definition) is 4. The number of anilines is 1. The molecule has 4 heterocycles. The fourth-order valence-corrected chi connectivity index (χ4v) is 4.18. The minimum absolute atomic E-state index is 0.258. The highest BCUT2D eigenvalue weighted by Gasteiger charge is 2.47. The Bertz CT molecular complexity index is 628. The second kappa shape index (κ2) is 5.24. The smallest absolute Gasteiger partial charge is 0.228 e. The molecule has 2 aliphatic rings. The molecule has 108 valence electrons. The van der Waals surface area contributed by atoms with Gasteiger partial charge >= 0.3 is 0 Å². The van der Waals surface area contributed by atoms with Crippen molar-refractivity contribution < 1.29 is 4.79 Å². The first-order chi connectivity index (χ1) is 10.3. The van der Waals surface area contributed by atoms with Crippen LogP contribution >= 0.6 is 11.3 Å². The van der Waals surface area contributed by atoms with Crippen LogP contribution in [-0.4, -0.2) is 34.4 Å². The maximum atomic E-state index is 12.4. The summed E-state index contributed by atoms with van der Waals surface area (Å²) in [5, 5.41) is 4.11. The lowest BCUT2D eigenvalue weighted by molar-refractivity contribution is -0.117. The van der Waals surface area contributed by atoms with Crippen molar-refractivity contribution in [3.05, 3.63) is 46.9 Å². The molecule has 2 fully saturated rings. The number of hydrogen-bond donors (Lipinski definition) is 0. The van der Waals surface area contributed by atoms with E-state index in [1.54, 1.807) is 11.3 Å². The summed E-state index contributed by atoms with van der Waals surface area (Å²) in [6, 6.07) is 8.73. The van der Waals surface area contributed by atoms with Crippen molar-refractivity contribution in [2.75, 3.05) is 11.4 Å². The molecular formula is C16H17N3OS. The molecule has 2 aromatic rings. The van der Waals surface area contributed by atoms with E-state index in [0.717, 1.165) is 30.9 Å². The SMILES string of the molecule is O=C1C[C@H]2[C@@H](CCN2Cc2ccccn2)N1c1ccsc1. The van der Waals surface area contributed by atoms with E-state index < -0.39 is 0 Å². The van der Waals surface area contributed by atoms with Crippen LogP contribution in [0.25, 0.3) is 0 Å². The Labute approximate surface area is 128 Å². The van der Waals surface area contributed by atoms with Crippen LogP contribution in [0.4, 0.5) is 5.69 Å². The molecular weight excluding hydrogens is 282 g/mol. The molecule has 1 amide bonds. The number of nitrogens with zero attached hydrogens (tertiary/aromatic N) is 3. The molecule has 2 saturated heterocycles. The van der Waals surface area contributed by atoms with Gasteiger partial charge in [-0.2, -0.15) is 11.3 Å². The van der Waals surface area contributed by atoms with Gasteiger partial charge in [0.2, 0.25) is 5.91 Å². The summed E-state index contributed by atoms with van der Waals surface area (Å²) in [5.74, 6) is 0.258. The average molecular weight is 299 g/mol. The first-order valence-corrected chi connectivity index (χ1v) is 8.25. The number of amides is 1. The minimum atomic E-state index is 0.258. The maximum Gasteiger partial charge on any atom is 0.228 e. The van der Waals surface area contributed by atoms with E-state index in [9.17, 15) is 4.79 Å². The molecule has 0 bridgehead atoms. The van der Waals surface area contributed by atoms with Gasteiger partial charge in [-0.1, -0.05) is 6.07 Å². The van der Waals surface area contributed by atoms with Gasteiger partial charge in [0.05, 0.1) is 17.4 Å². The number of carbonyl (C=O) groups is 1. The predicted molar refractivity (Wildman–Crippen MR) is 83.3 cm³/mol. The van der Waals surface area contributed by atoms with Crippen molar-refractivity contribution in [3.8, 4) is 0 Å². The molecule has 0 aromatic carbocycles. The Balaban J connectivity index is 1.54. The van der Waals surface area contributed by atoms with Crippen LogP contribution in [0, 0.1) is 0 Å². The van der Waals surface area contributed by atoms with Crippen LogP contribution in [0.15, 0.2) is 41.2 Å². The van der Waals surface area contributed by atoms with Crippen molar-refractivity contribution in [2.45, 2.75) is 31.5 Å². The molecule has 0 unspecified atom stereocenters. The van der Waals surface area contributed by atoms with E-state index in [1.807, 2.05) is 34.7 Å².